The normalized spacial score (nSPS) is 12.1. The number of hydrogen-bond acceptors (Lipinski definition) is 2. The molecule has 2 rings (SSSR count). The smallest absolute Gasteiger partial charge is 0.132 e. The minimum absolute atomic E-state index is 0.370. The molecule has 1 aromatic heterocycles. The molecule has 0 aliphatic rings. The molecule has 0 bridgehead atoms. The molecule has 0 unspecified atom stereocenters. The Morgan fingerprint density at radius 1 is 1.22 bits per heavy atom. The van der Waals surface area contributed by atoms with Crippen LogP contribution in [0.1, 0.15) is 52.8 Å². The first-order valence-corrected chi connectivity index (χ1v) is 9.31. The van der Waals surface area contributed by atoms with Crippen LogP contribution in [0.3, 0.4) is 0 Å². The van der Waals surface area contributed by atoms with Gasteiger partial charge in [-0.15, -0.1) is 0 Å². The molecule has 0 aliphatic carbocycles. The lowest BCUT2D eigenvalue weighted by Crippen LogP contribution is -1.98. The van der Waals surface area contributed by atoms with E-state index in [4.69, 9.17) is 11.6 Å². The van der Waals surface area contributed by atoms with Crippen LogP contribution < -0.4 is 0 Å². The van der Waals surface area contributed by atoms with Gasteiger partial charge in [0.05, 0.1) is 17.1 Å². The van der Waals surface area contributed by atoms with E-state index in [1.807, 2.05) is 47.6 Å². The van der Waals surface area contributed by atoms with Crippen LogP contribution in [0.2, 0.25) is 5.02 Å². The average molecular weight is 388 g/mol. The number of aromatic amines is 1. The number of rotatable bonds is 5. The highest BCUT2D eigenvalue weighted by atomic mass is 35.5. The lowest BCUT2D eigenvalue weighted by Gasteiger charge is -2.08. The number of aromatic nitrogens is 1. The zero-order chi connectivity index (χ0) is 20.6. The molecule has 5 heteroatoms. The number of hydrogen-bond donors (Lipinski definition) is 1. The van der Waals surface area contributed by atoms with Crippen LogP contribution >= 0.6 is 11.6 Å². The zero-order valence-corrected chi connectivity index (χ0v) is 17.6. The summed E-state index contributed by atoms with van der Waals surface area (Å²) in [6.07, 6.45) is 5.26. The van der Waals surface area contributed by atoms with Crippen LogP contribution in [0, 0.1) is 5.82 Å². The Kier molecular flexibility index (Phi) is 8.89. The highest BCUT2D eigenvalue weighted by molar-refractivity contribution is 6.31. The Bertz CT molecular complexity index is 889. The Morgan fingerprint density at radius 2 is 1.89 bits per heavy atom. The van der Waals surface area contributed by atoms with E-state index in [2.05, 4.69) is 21.5 Å². The number of H-pyrrole nitrogens is 1. The fourth-order valence-corrected chi connectivity index (χ4v) is 2.72. The van der Waals surface area contributed by atoms with Crippen LogP contribution in [-0.2, 0) is 0 Å². The number of benzene rings is 1. The predicted octanol–water partition coefficient (Wildman–Crippen LogP) is 7.60. The standard InChI is InChI=1S/C20H21ClFN3.C2H6/c1-6-12(4)24-13(5)18-19(15-11-14(21)9-10-16(15)22)25-17(7-2)20(18)23-8-3;1-2/h6-11,25H,2H2,1,3-5H3;1-2H3/b12-6+,23-8?,24-13?;. The summed E-state index contributed by atoms with van der Waals surface area (Å²) >= 11 is 6.08. The molecule has 1 aromatic carbocycles. The van der Waals surface area contributed by atoms with Gasteiger partial charge in [-0.05, 0) is 52.0 Å². The first-order valence-electron chi connectivity index (χ1n) is 8.94. The number of nitrogens with zero attached hydrogens (tertiary/aromatic N) is 2. The van der Waals surface area contributed by atoms with E-state index in [1.165, 1.54) is 12.1 Å². The summed E-state index contributed by atoms with van der Waals surface area (Å²) in [5, 5.41) is 0.455. The summed E-state index contributed by atoms with van der Waals surface area (Å²) < 4.78 is 14.5. The van der Waals surface area contributed by atoms with Crippen LogP contribution in [0.15, 0.2) is 46.5 Å². The summed E-state index contributed by atoms with van der Waals surface area (Å²) in [5.74, 6) is -0.370. The van der Waals surface area contributed by atoms with Crippen molar-refractivity contribution in [3.8, 4) is 11.3 Å². The molecule has 0 aliphatic heterocycles. The molecule has 2 aromatic rings. The van der Waals surface area contributed by atoms with Crippen molar-refractivity contribution in [3.63, 3.8) is 0 Å². The van der Waals surface area contributed by atoms with E-state index < -0.39 is 0 Å². The summed E-state index contributed by atoms with van der Waals surface area (Å²) in [6, 6.07) is 4.46. The zero-order valence-electron chi connectivity index (χ0n) is 16.8. The number of nitrogens with one attached hydrogen (secondary N) is 1. The highest BCUT2D eigenvalue weighted by Gasteiger charge is 2.21. The SMILES string of the molecule is C=Cc1[nH]c(-c2cc(Cl)ccc2F)c(C(C)=N/C(C)=C/C)c1N=CC.CC. The fourth-order valence-electron chi connectivity index (χ4n) is 2.55. The molecule has 0 saturated carbocycles. The average Bonchev–Trinajstić information content (AvgIpc) is 3.03. The molecule has 144 valence electrons. The Hall–Kier alpha value is -2.46. The van der Waals surface area contributed by atoms with E-state index in [0.29, 0.717) is 27.7 Å². The molecule has 0 amide bonds. The predicted molar refractivity (Wildman–Crippen MR) is 118 cm³/mol. The fraction of sp³-hybridized carbons (Fsp3) is 0.273. The van der Waals surface area contributed by atoms with E-state index in [0.717, 1.165) is 17.0 Å². The molecule has 0 saturated heterocycles. The Balaban J connectivity index is 0.00000176. The van der Waals surface area contributed by atoms with Crippen molar-refractivity contribution < 1.29 is 4.39 Å². The second-order valence-electron chi connectivity index (χ2n) is 5.48. The molecule has 0 radical (unpaired) electrons. The van der Waals surface area contributed by atoms with Gasteiger partial charge in [-0.2, -0.15) is 0 Å². The van der Waals surface area contributed by atoms with Crippen molar-refractivity contribution in [2.75, 3.05) is 0 Å². The van der Waals surface area contributed by atoms with Crippen molar-refractivity contribution in [3.05, 3.63) is 58.6 Å². The van der Waals surface area contributed by atoms with Gasteiger partial charge in [0.2, 0.25) is 0 Å². The molecule has 0 spiro atoms. The van der Waals surface area contributed by atoms with E-state index in [1.54, 1.807) is 18.4 Å². The van der Waals surface area contributed by atoms with Gasteiger partial charge in [0, 0.05) is 33.8 Å². The Labute approximate surface area is 166 Å². The second-order valence-corrected chi connectivity index (χ2v) is 5.92. The van der Waals surface area contributed by atoms with E-state index >= 15 is 0 Å². The summed E-state index contributed by atoms with van der Waals surface area (Å²) in [5.41, 5.74) is 4.66. The molecule has 0 atom stereocenters. The van der Waals surface area contributed by atoms with Crippen molar-refractivity contribution in [1.82, 2.24) is 4.98 Å². The quantitative estimate of drug-likeness (QED) is 0.513. The van der Waals surface area contributed by atoms with Gasteiger partial charge in [-0.25, -0.2) is 4.39 Å². The molecule has 1 N–H and O–H groups in total. The van der Waals surface area contributed by atoms with Gasteiger partial charge < -0.3 is 4.98 Å². The van der Waals surface area contributed by atoms with Crippen LogP contribution in [0.5, 0.6) is 0 Å². The lowest BCUT2D eigenvalue weighted by molar-refractivity contribution is 0.631. The molecular weight excluding hydrogens is 361 g/mol. The minimum Gasteiger partial charge on any atom is -0.353 e. The number of aliphatic imine (C=N–C) groups is 2. The van der Waals surface area contributed by atoms with E-state index in [-0.39, 0.29) is 5.82 Å². The van der Waals surface area contributed by atoms with Crippen molar-refractivity contribution in [2.24, 2.45) is 9.98 Å². The third-order valence-corrected chi connectivity index (χ3v) is 4.02. The van der Waals surface area contributed by atoms with Gasteiger partial charge in [0.1, 0.15) is 5.82 Å². The largest absolute Gasteiger partial charge is 0.353 e. The van der Waals surface area contributed by atoms with Gasteiger partial charge >= 0.3 is 0 Å². The van der Waals surface area contributed by atoms with Crippen molar-refractivity contribution in [2.45, 2.75) is 41.5 Å². The van der Waals surface area contributed by atoms with Crippen LogP contribution in [0.4, 0.5) is 10.1 Å². The molecule has 1 heterocycles. The monoisotopic (exact) mass is 387 g/mol. The van der Waals surface area contributed by atoms with E-state index in [9.17, 15) is 4.39 Å². The van der Waals surface area contributed by atoms with Crippen molar-refractivity contribution in [1.29, 1.82) is 0 Å². The van der Waals surface area contributed by atoms with Gasteiger partial charge in [0.25, 0.3) is 0 Å². The number of halogens is 2. The van der Waals surface area contributed by atoms with Gasteiger partial charge in [-0.3, -0.25) is 9.98 Å². The summed E-state index contributed by atoms with van der Waals surface area (Å²) in [4.78, 5) is 12.2. The third-order valence-electron chi connectivity index (χ3n) is 3.79. The summed E-state index contributed by atoms with van der Waals surface area (Å²) in [6.45, 7) is 15.4. The lowest BCUT2D eigenvalue weighted by atomic mass is 10.0. The highest BCUT2D eigenvalue weighted by Crippen LogP contribution is 2.37. The van der Waals surface area contributed by atoms with Crippen LogP contribution in [-0.4, -0.2) is 16.9 Å². The first kappa shape index (κ1) is 22.6. The minimum atomic E-state index is -0.370. The first-order chi connectivity index (χ1) is 12.9. The Morgan fingerprint density at radius 3 is 2.44 bits per heavy atom. The van der Waals surface area contributed by atoms with Gasteiger partial charge in [-0.1, -0.05) is 38.1 Å². The maximum atomic E-state index is 14.5. The van der Waals surface area contributed by atoms with Crippen LogP contribution in [0.25, 0.3) is 17.3 Å². The molecule has 3 nitrogen and oxygen atoms in total. The summed E-state index contributed by atoms with van der Waals surface area (Å²) in [7, 11) is 0. The third kappa shape index (κ3) is 5.27. The van der Waals surface area contributed by atoms with Gasteiger partial charge in [0.15, 0.2) is 0 Å². The topological polar surface area (TPSA) is 40.5 Å². The maximum Gasteiger partial charge on any atom is 0.132 e. The second kappa shape index (κ2) is 10.6. The maximum absolute atomic E-state index is 14.5. The number of allylic oxidation sites excluding steroid dienone is 2. The van der Waals surface area contributed by atoms with Crippen molar-refractivity contribution >= 4 is 35.3 Å². The molecule has 27 heavy (non-hydrogen) atoms. The molecule has 0 fully saturated rings. The molecular formula is C22H27ClFN3.